The van der Waals surface area contributed by atoms with E-state index in [2.05, 4.69) is 17.4 Å². The van der Waals surface area contributed by atoms with Crippen LogP contribution < -0.4 is 10.2 Å². The van der Waals surface area contributed by atoms with E-state index in [0.29, 0.717) is 12.3 Å². The van der Waals surface area contributed by atoms with Gasteiger partial charge in [-0.1, -0.05) is 42.5 Å². The lowest BCUT2D eigenvalue weighted by Crippen LogP contribution is -3.11. The third-order valence-electron chi connectivity index (χ3n) is 5.05. The standard InChI is InChI=1S/C21H26N2O2/c24-20-9-5-4-8-19(20)16-23-14-11-18(12-15-23)21(25)22-13-10-17-6-2-1-3-7-17/h1-9,18,24H,10-16H2,(H,22,25)/p+1. The molecule has 4 nitrogen and oxygen atoms in total. The lowest BCUT2D eigenvalue weighted by Gasteiger charge is -2.28. The molecular formula is C21H27N2O2+. The summed E-state index contributed by atoms with van der Waals surface area (Å²) in [6.45, 7) is 3.49. The van der Waals surface area contributed by atoms with Crippen molar-refractivity contribution < 1.29 is 14.8 Å². The van der Waals surface area contributed by atoms with Crippen molar-refractivity contribution in [2.45, 2.75) is 25.8 Å². The van der Waals surface area contributed by atoms with Crippen molar-refractivity contribution in [3.63, 3.8) is 0 Å². The van der Waals surface area contributed by atoms with Crippen LogP contribution in [0.25, 0.3) is 0 Å². The number of nitrogens with one attached hydrogen (secondary N) is 2. The molecule has 0 aromatic heterocycles. The summed E-state index contributed by atoms with van der Waals surface area (Å²) in [4.78, 5) is 13.8. The van der Waals surface area contributed by atoms with Gasteiger partial charge in [-0.15, -0.1) is 0 Å². The van der Waals surface area contributed by atoms with Gasteiger partial charge in [-0.05, 0) is 24.1 Å². The molecule has 0 aliphatic carbocycles. The van der Waals surface area contributed by atoms with Crippen LogP contribution in [0.2, 0.25) is 0 Å². The van der Waals surface area contributed by atoms with Crippen LogP contribution in [0.4, 0.5) is 0 Å². The van der Waals surface area contributed by atoms with Gasteiger partial charge >= 0.3 is 0 Å². The Morgan fingerprint density at radius 3 is 2.44 bits per heavy atom. The number of carbonyl (C=O) groups is 1. The average molecular weight is 339 g/mol. The molecule has 2 aromatic carbocycles. The fourth-order valence-corrected chi connectivity index (χ4v) is 3.51. The van der Waals surface area contributed by atoms with Crippen molar-refractivity contribution in [3.8, 4) is 5.75 Å². The molecule has 0 unspecified atom stereocenters. The number of para-hydroxylation sites is 1. The first kappa shape index (κ1) is 17.5. The first-order chi connectivity index (χ1) is 12.2. The fourth-order valence-electron chi connectivity index (χ4n) is 3.51. The number of hydrogen-bond acceptors (Lipinski definition) is 2. The average Bonchev–Trinajstić information content (AvgIpc) is 2.65. The van der Waals surface area contributed by atoms with Crippen molar-refractivity contribution in [2.24, 2.45) is 5.92 Å². The molecule has 1 heterocycles. The Morgan fingerprint density at radius 1 is 1.04 bits per heavy atom. The highest BCUT2D eigenvalue weighted by Crippen LogP contribution is 2.15. The number of hydrogen-bond donors (Lipinski definition) is 3. The van der Waals surface area contributed by atoms with Crippen molar-refractivity contribution in [2.75, 3.05) is 19.6 Å². The van der Waals surface area contributed by atoms with Crippen LogP contribution in [-0.4, -0.2) is 30.6 Å². The van der Waals surface area contributed by atoms with E-state index >= 15 is 0 Å². The molecule has 1 aliphatic rings. The summed E-state index contributed by atoms with van der Waals surface area (Å²) in [5, 5.41) is 13.0. The lowest BCUT2D eigenvalue weighted by atomic mass is 9.95. The molecule has 132 valence electrons. The van der Waals surface area contributed by atoms with Gasteiger partial charge in [0.1, 0.15) is 12.3 Å². The second-order valence-electron chi connectivity index (χ2n) is 6.86. The van der Waals surface area contributed by atoms with Crippen LogP contribution >= 0.6 is 0 Å². The van der Waals surface area contributed by atoms with Crippen LogP contribution in [0.3, 0.4) is 0 Å². The summed E-state index contributed by atoms with van der Waals surface area (Å²) in [6.07, 6.45) is 2.71. The number of phenolic OH excluding ortho intramolecular Hbond substituents is 1. The molecule has 0 atom stereocenters. The predicted octanol–water partition coefficient (Wildman–Crippen LogP) is 1.55. The van der Waals surface area contributed by atoms with E-state index in [1.165, 1.54) is 10.5 Å². The van der Waals surface area contributed by atoms with E-state index in [0.717, 1.165) is 44.5 Å². The lowest BCUT2D eigenvalue weighted by molar-refractivity contribution is -0.919. The predicted molar refractivity (Wildman–Crippen MR) is 98.4 cm³/mol. The molecule has 0 bridgehead atoms. The van der Waals surface area contributed by atoms with Gasteiger partial charge in [0.15, 0.2) is 0 Å². The van der Waals surface area contributed by atoms with Crippen molar-refractivity contribution in [1.29, 1.82) is 0 Å². The first-order valence-electron chi connectivity index (χ1n) is 9.14. The Balaban J connectivity index is 1.39. The highest BCUT2D eigenvalue weighted by atomic mass is 16.3. The molecule has 2 aromatic rings. The van der Waals surface area contributed by atoms with E-state index in [-0.39, 0.29) is 11.8 Å². The van der Waals surface area contributed by atoms with E-state index in [1.807, 2.05) is 36.4 Å². The zero-order chi connectivity index (χ0) is 17.5. The number of amides is 1. The maximum atomic E-state index is 12.3. The summed E-state index contributed by atoms with van der Waals surface area (Å²) in [6, 6.07) is 17.8. The van der Waals surface area contributed by atoms with E-state index in [4.69, 9.17) is 0 Å². The SMILES string of the molecule is O=C(NCCc1ccccc1)C1CC[NH+](Cc2ccccc2O)CC1. The molecule has 25 heavy (non-hydrogen) atoms. The fraction of sp³-hybridized carbons (Fsp3) is 0.381. The molecule has 3 N–H and O–H groups in total. The third kappa shape index (κ3) is 5.07. The number of piperidine rings is 1. The summed E-state index contributed by atoms with van der Waals surface area (Å²) in [5.74, 6) is 0.692. The molecule has 1 saturated heterocycles. The normalized spacial score (nSPS) is 20.2. The van der Waals surface area contributed by atoms with Gasteiger partial charge in [0, 0.05) is 30.9 Å². The number of likely N-dealkylation sites (tertiary alicyclic amines) is 1. The van der Waals surface area contributed by atoms with Gasteiger partial charge in [-0.3, -0.25) is 4.79 Å². The third-order valence-corrected chi connectivity index (χ3v) is 5.05. The quantitative estimate of drug-likeness (QED) is 0.748. The summed E-state index contributed by atoms with van der Waals surface area (Å²) in [7, 11) is 0. The first-order valence-corrected chi connectivity index (χ1v) is 9.14. The monoisotopic (exact) mass is 339 g/mol. The van der Waals surface area contributed by atoms with Crippen molar-refractivity contribution in [3.05, 3.63) is 65.7 Å². The molecule has 0 saturated carbocycles. The van der Waals surface area contributed by atoms with E-state index in [1.54, 1.807) is 6.07 Å². The van der Waals surface area contributed by atoms with Crippen molar-refractivity contribution >= 4 is 5.91 Å². The minimum Gasteiger partial charge on any atom is -0.507 e. The van der Waals surface area contributed by atoms with Crippen LogP contribution in [0.15, 0.2) is 54.6 Å². The number of benzene rings is 2. The number of rotatable bonds is 6. The summed E-state index contributed by atoms with van der Waals surface area (Å²) >= 11 is 0. The Bertz CT molecular complexity index is 679. The zero-order valence-electron chi connectivity index (χ0n) is 14.6. The molecular weight excluding hydrogens is 312 g/mol. The Labute approximate surface area is 149 Å². The van der Waals surface area contributed by atoms with Crippen LogP contribution in [-0.2, 0) is 17.8 Å². The van der Waals surface area contributed by atoms with Crippen molar-refractivity contribution in [1.82, 2.24) is 5.32 Å². The number of aromatic hydroxyl groups is 1. The van der Waals surface area contributed by atoms with Gasteiger partial charge in [-0.2, -0.15) is 0 Å². The van der Waals surface area contributed by atoms with Gasteiger partial charge < -0.3 is 15.3 Å². The summed E-state index contributed by atoms with van der Waals surface area (Å²) in [5.41, 5.74) is 2.24. The minimum absolute atomic E-state index is 0.129. The van der Waals surface area contributed by atoms with Gasteiger partial charge in [-0.25, -0.2) is 0 Å². The van der Waals surface area contributed by atoms with Crippen LogP contribution in [0, 0.1) is 5.92 Å². The maximum Gasteiger partial charge on any atom is 0.223 e. The largest absolute Gasteiger partial charge is 0.507 e. The molecule has 0 spiro atoms. The van der Waals surface area contributed by atoms with Gasteiger partial charge in [0.25, 0.3) is 0 Å². The zero-order valence-corrected chi connectivity index (χ0v) is 14.6. The highest BCUT2D eigenvalue weighted by Gasteiger charge is 2.27. The molecule has 1 aliphatic heterocycles. The smallest absolute Gasteiger partial charge is 0.223 e. The van der Waals surface area contributed by atoms with E-state index < -0.39 is 0 Å². The van der Waals surface area contributed by atoms with Crippen LogP contribution in [0.1, 0.15) is 24.0 Å². The second kappa shape index (κ2) is 8.67. The molecule has 4 heteroatoms. The number of carbonyl (C=O) groups excluding carboxylic acids is 1. The Kier molecular flexibility index (Phi) is 6.07. The highest BCUT2D eigenvalue weighted by molar-refractivity contribution is 5.78. The number of phenols is 1. The molecule has 0 radical (unpaired) electrons. The number of quaternary nitrogens is 1. The van der Waals surface area contributed by atoms with Crippen LogP contribution in [0.5, 0.6) is 5.75 Å². The molecule has 1 fully saturated rings. The van der Waals surface area contributed by atoms with E-state index in [9.17, 15) is 9.90 Å². The molecule has 3 rings (SSSR count). The molecule has 1 amide bonds. The van der Waals surface area contributed by atoms with Gasteiger partial charge in [0.2, 0.25) is 5.91 Å². The Hall–Kier alpha value is -2.33. The Morgan fingerprint density at radius 2 is 1.72 bits per heavy atom. The topological polar surface area (TPSA) is 53.8 Å². The van der Waals surface area contributed by atoms with Gasteiger partial charge in [0.05, 0.1) is 13.1 Å². The second-order valence-corrected chi connectivity index (χ2v) is 6.86. The summed E-state index contributed by atoms with van der Waals surface area (Å²) < 4.78 is 0. The minimum atomic E-state index is 0.129. The maximum absolute atomic E-state index is 12.3.